The molecular weight excluding hydrogens is 437 g/mol. The first kappa shape index (κ1) is 21.3. The monoisotopic (exact) mass is 456 g/mol. The topological polar surface area (TPSA) is 98.6 Å². The summed E-state index contributed by atoms with van der Waals surface area (Å²) in [5.74, 6) is 0.227. The summed E-state index contributed by atoms with van der Waals surface area (Å²) in [6.45, 7) is 2.15. The zero-order valence-electron chi connectivity index (χ0n) is 17.8. The van der Waals surface area contributed by atoms with Gasteiger partial charge < -0.3 is 9.30 Å². The third kappa shape index (κ3) is 3.58. The molecule has 0 spiro atoms. The van der Waals surface area contributed by atoms with E-state index in [0.717, 1.165) is 17.5 Å². The molecule has 0 saturated carbocycles. The lowest BCUT2D eigenvalue weighted by molar-refractivity contribution is -0.141. The predicted octanol–water partition coefficient (Wildman–Crippen LogP) is 3.49. The number of aromatic amines is 1. The highest BCUT2D eigenvalue weighted by Crippen LogP contribution is 2.39. The van der Waals surface area contributed by atoms with Gasteiger partial charge in [-0.25, -0.2) is 4.98 Å². The van der Waals surface area contributed by atoms with E-state index in [1.54, 1.807) is 12.4 Å². The number of hydrogen-bond acceptors (Lipinski definition) is 6. The molecule has 8 nitrogen and oxygen atoms in total. The van der Waals surface area contributed by atoms with Gasteiger partial charge in [0.25, 0.3) is 0 Å². The number of fused-ring (bicyclic) bond motifs is 1. The van der Waals surface area contributed by atoms with Crippen molar-refractivity contribution in [1.29, 1.82) is 0 Å². The maximum atomic E-state index is 13.5. The number of pyridine rings is 1. The summed E-state index contributed by atoms with van der Waals surface area (Å²) in [7, 11) is 1.87. The highest BCUT2D eigenvalue weighted by Gasteiger charge is 2.42. The molecule has 5 rings (SSSR count). The Morgan fingerprint density at radius 3 is 2.67 bits per heavy atom. The van der Waals surface area contributed by atoms with Gasteiger partial charge in [-0.15, -0.1) is 10.2 Å². The van der Waals surface area contributed by atoms with Crippen LogP contribution in [0.25, 0.3) is 22.2 Å². The summed E-state index contributed by atoms with van der Waals surface area (Å²) in [5.41, 5.74) is 0.324. The zero-order chi connectivity index (χ0) is 23.4. The van der Waals surface area contributed by atoms with Crippen LogP contribution in [0, 0.1) is 0 Å². The lowest BCUT2D eigenvalue weighted by atomic mass is 9.75. The molecule has 1 saturated heterocycles. The molecule has 33 heavy (non-hydrogen) atoms. The van der Waals surface area contributed by atoms with Crippen LogP contribution in [0.1, 0.15) is 34.5 Å². The van der Waals surface area contributed by atoms with Crippen molar-refractivity contribution in [3.8, 4) is 11.3 Å². The number of rotatable bonds is 5. The first-order valence-electron chi connectivity index (χ1n) is 10.2. The Morgan fingerprint density at radius 1 is 1.27 bits per heavy atom. The van der Waals surface area contributed by atoms with Gasteiger partial charge in [0.05, 0.1) is 18.7 Å². The van der Waals surface area contributed by atoms with Crippen LogP contribution in [0.4, 0.5) is 13.2 Å². The Balaban J connectivity index is 1.62. The maximum Gasteiger partial charge on any atom is 0.433 e. The van der Waals surface area contributed by atoms with Gasteiger partial charge in [0, 0.05) is 36.8 Å². The van der Waals surface area contributed by atoms with Crippen molar-refractivity contribution in [1.82, 2.24) is 29.9 Å². The minimum atomic E-state index is -4.70. The van der Waals surface area contributed by atoms with E-state index in [-0.39, 0.29) is 22.0 Å². The van der Waals surface area contributed by atoms with E-state index in [4.69, 9.17) is 4.74 Å². The number of hydrogen-bond donors (Lipinski definition) is 1. The van der Waals surface area contributed by atoms with Crippen LogP contribution in [0.15, 0.2) is 36.7 Å². The summed E-state index contributed by atoms with van der Waals surface area (Å²) in [6, 6.07) is 8.39. The third-order valence-electron chi connectivity index (χ3n) is 5.98. The summed E-state index contributed by atoms with van der Waals surface area (Å²) in [6.07, 6.45) is -2.46. The number of nitrogens with one attached hydrogen (secondary N) is 1. The molecule has 1 N–H and O–H groups in total. The van der Waals surface area contributed by atoms with Gasteiger partial charge in [0.2, 0.25) is 0 Å². The van der Waals surface area contributed by atoms with Gasteiger partial charge in [-0.1, -0.05) is 18.2 Å². The number of ether oxygens (including phenoxy) is 1. The van der Waals surface area contributed by atoms with Crippen LogP contribution in [0.2, 0.25) is 0 Å². The third-order valence-corrected chi connectivity index (χ3v) is 5.98. The molecule has 1 aliphatic rings. The molecule has 0 bridgehead atoms. The molecule has 0 atom stereocenters. The van der Waals surface area contributed by atoms with E-state index >= 15 is 0 Å². The number of alkyl halides is 3. The van der Waals surface area contributed by atoms with E-state index in [2.05, 4.69) is 25.4 Å². The highest BCUT2D eigenvalue weighted by atomic mass is 19.4. The molecule has 3 aromatic heterocycles. The zero-order valence-corrected chi connectivity index (χ0v) is 17.8. The molecule has 0 amide bonds. The molecule has 0 unspecified atom stereocenters. The van der Waals surface area contributed by atoms with Crippen LogP contribution < -0.4 is 0 Å². The second-order valence-corrected chi connectivity index (χ2v) is 8.29. The quantitative estimate of drug-likeness (QED) is 0.462. The normalized spacial score (nSPS) is 15.5. The minimum absolute atomic E-state index is 0.177. The average Bonchev–Trinajstić information content (AvgIpc) is 3.35. The number of ketones is 1. The van der Waals surface area contributed by atoms with Crippen LogP contribution in [0.3, 0.4) is 0 Å². The fraction of sp³-hybridized carbons (Fsp3) is 0.318. The maximum absolute atomic E-state index is 13.5. The number of carbonyl (C=O) groups excluding carboxylic acids is 1. The number of halogens is 3. The average molecular weight is 456 g/mol. The van der Waals surface area contributed by atoms with E-state index in [1.807, 2.05) is 29.8 Å². The van der Waals surface area contributed by atoms with E-state index in [0.29, 0.717) is 30.9 Å². The highest BCUT2D eigenvalue weighted by molar-refractivity contribution is 6.07. The fourth-order valence-corrected chi connectivity index (χ4v) is 4.12. The van der Waals surface area contributed by atoms with Crippen molar-refractivity contribution in [2.75, 3.05) is 13.2 Å². The van der Waals surface area contributed by atoms with Crippen LogP contribution >= 0.6 is 0 Å². The summed E-state index contributed by atoms with van der Waals surface area (Å²) in [5, 5.41) is 15.2. The lowest BCUT2D eigenvalue weighted by Gasteiger charge is -2.41. The first-order chi connectivity index (χ1) is 15.7. The van der Waals surface area contributed by atoms with Crippen molar-refractivity contribution >= 4 is 16.7 Å². The standard InChI is InChI=1S/C22H19F3N6O2/c1-12(32)18-20-15(7-16(27-18)22(23,24)25)19(29-30-20)13-4-3-5-14(6-13)21(9-33-10-21)8-17-28-26-11-31(17)2/h3-7,11H,8-10H2,1-2H3,(H,29,30). The SMILES string of the molecule is CC(=O)c1nc(C(F)(F)F)cc2c(-c3cccc(C4(Cc5nncn5C)COC4)c3)n[nH]c12. The summed E-state index contributed by atoms with van der Waals surface area (Å²) in [4.78, 5) is 15.5. The van der Waals surface area contributed by atoms with Crippen LogP contribution in [0.5, 0.6) is 0 Å². The molecule has 0 radical (unpaired) electrons. The molecule has 4 aromatic rings. The molecule has 1 aliphatic heterocycles. The van der Waals surface area contributed by atoms with E-state index in [1.165, 1.54) is 6.92 Å². The molecular formula is C22H19F3N6O2. The smallest absolute Gasteiger partial charge is 0.379 e. The second-order valence-electron chi connectivity index (χ2n) is 8.29. The van der Waals surface area contributed by atoms with E-state index in [9.17, 15) is 18.0 Å². The number of H-pyrrole nitrogens is 1. The number of carbonyl (C=O) groups is 1. The Hall–Kier alpha value is -3.60. The van der Waals surface area contributed by atoms with Gasteiger partial charge in [-0.2, -0.15) is 18.3 Å². The number of benzene rings is 1. The molecule has 0 aliphatic carbocycles. The Morgan fingerprint density at radius 2 is 2.06 bits per heavy atom. The van der Waals surface area contributed by atoms with Gasteiger partial charge in [-0.05, 0) is 17.7 Å². The van der Waals surface area contributed by atoms with Crippen molar-refractivity contribution in [3.63, 3.8) is 0 Å². The fourth-order valence-electron chi connectivity index (χ4n) is 4.12. The molecule has 4 heterocycles. The summed E-state index contributed by atoms with van der Waals surface area (Å²) < 4.78 is 47.7. The molecule has 11 heteroatoms. The minimum Gasteiger partial charge on any atom is -0.379 e. The first-order valence-corrected chi connectivity index (χ1v) is 10.2. The van der Waals surface area contributed by atoms with Gasteiger partial charge in [-0.3, -0.25) is 9.89 Å². The van der Waals surface area contributed by atoms with Crippen molar-refractivity contribution in [3.05, 3.63) is 59.4 Å². The van der Waals surface area contributed by atoms with Gasteiger partial charge >= 0.3 is 6.18 Å². The largest absolute Gasteiger partial charge is 0.433 e. The molecule has 170 valence electrons. The predicted molar refractivity (Wildman–Crippen MR) is 112 cm³/mol. The van der Waals surface area contributed by atoms with E-state index < -0.39 is 17.7 Å². The van der Waals surface area contributed by atoms with Crippen molar-refractivity contribution in [2.24, 2.45) is 7.05 Å². The van der Waals surface area contributed by atoms with Crippen LogP contribution in [-0.4, -0.2) is 48.9 Å². The van der Waals surface area contributed by atoms with Crippen molar-refractivity contribution in [2.45, 2.75) is 24.9 Å². The number of Topliss-reactive ketones (excluding diaryl/α,β-unsaturated/α-hetero) is 1. The second kappa shape index (κ2) is 7.48. The van der Waals surface area contributed by atoms with Crippen molar-refractivity contribution < 1.29 is 22.7 Å². The number of aryl methyl sites for hydroxylation is 1. The Labute approximate surface area is 185 Å². The van der Waals surface area contributed by atoms with Gasteiger partial charge in [0.15, 0.2) is 5.78 Å². The molecule has 1 fully saturated rings. The van der Waals surface area contributed by atoms with Gasteiger partial charge in [0.1, 0.15) is 29.2 Å². The number of aromatic nitrogens is 6. The molecule has 1 aromatic carbocycles. The summed E-state index contributed by atoms with van der Waals surface area (Å²) >= 11 is 0. The number of nitrogens with zero attached hydrogens (tertiary/aromatic N) is 5. The Kier molecular flexibility index (Phi) is 4.82. The lowest BCUT2D eigenvalue weighted by Crippen LogP contribution is -2.49. The van der Waals surface area contributed by atoms with Crippen LogP contribution in [-0.2, 0) is 29.8 Å². The Bertz CT molecular complexity index is 1370.